The van der Waals surface area contributed by atoms with Crippen LogP contribution in [0, 0.1) is 13.8 Å². The molecule has 1 atom stereocenters. The molecule has 0 fully saturated rings. The van der Waals surface area contributed by atoms with E-state index in [1.807, 2.05) is 0 Å². The molecule has 6 heteroatoms. The van der Waals surface area contributed by atoms with Crippen LogP contribution >= 0.6 is 0 Å². The minimum absolute atomic E-state index is 0.00373. The highest BCUT2D eigenvalue weighted by Crippen LogP contribution is 2.39. The zero-order valence-corrected chi connectivity index (χ0v) is 9.71. The van der Waals surface area contributed by atoms with Crippen molar-refractivity contribution in [2.24, 2.45) is 0 Å². The van der Waals surface area contributed by atoms with Gasteiger partial charge in [-0.3, -0.25) is 0 Å². The highest BCUT2D eigenvalue weighted by atomic mass is 19.4. The maximum absolute atomic E-state index is 13.0. The summed E-state index contributed by atoms with van der Waals surface area (Å²) < 4.78 is 65.9. The van der Waals surface area contributed by atoms with E-state index in [9.17, 15) is 18.0 Å². The fourth-order valence-electron chi connectivity index (χ4n) is 1.88. The number of aliphatic carboxylic acids is 1. The van der Waals surface area contributed by atoms with Crippen LogP contribution in [0.4, 0.5) is 13.2 Å². The molecule has 1 heterocycles. The lowest BCUT2D eigenvalue weighted by Gasteiger charge is -2.28. The average molecular weight is 275 g/mol. The smallest absolute Gasteiger partial charge is 0.430 e. The zero-order valence-electron chi connectivity index (χ0n) is 12.7. The molecule has 0 bridgehead atoms. The predicted octanol–water partition coefficient (Wildman–Crippen LogP) is 3.09. The van der Waals surface area contributed by atoms with Gasteiger partial charge < -0.3 is 9.84 Å². The maximum atomic E-state index is 13.0. The lowest BCUT2D eigenvalue weighted by atomic mass is 9.97. The molecule has 3 nitrogen and oxygen atoms in total. The molecular weight excluding hydrogens is 261 g/mol. The van der Waals surface area contributed by atoms with E-state index in [1.54, 1.807) is 6.92 Å². The van der Waals surface area contributed by atoms with E-state index >= 15 is 0 Å². The Morgan fingerprint density at radius 3 is 2.68 bits per heavy atom. The summed E-state index contributed by atoms with van der Waals surface area (Å²) >= 11 is 0. The monoisotopic (exact) mass is 275 g/mol. The van der Waals surface area contributed by atoms with Crippen molar-refractivity contribution in [1.82, 2.24) is 0 Å². The van der Waals surface area contributed by atoms with E-state index in [0.29, 0.717) is 5.56 Å². The van der Waals surface area contributed by atoms with E-state index in [2.05, 4.69) is 0 Å². The van der Waals surface area contributed by atoms with Crippen molar-refractivity contribution in [3.05, 3.63) is 34.4 Å². The molecule has 0 saturated carbocycles. The van der Waals surface area contributed by atoms with Gasteiger partial charge in [0, 0.05) is 9.68 Å². The summed E-state index contributed by atoms with van der Waals surface area (Å²) in [6.45, 7) is -1.12. The number of carboxylic acid groups (broad SMARTS) is 1. The first-order valence-corrected chi connectivity index (χ1v) is 5.24. The maximum Gasteiger partial charge on any atom is 0.430 e. The third-order valence-corrected chi connectivity index (χ3v) is 2.64. The van der Waals surface area contributed by atoms with Crippen molar-refractivity contribution in [3.63, 3.8) is 0 Å². The molecule has 1 unspecified atom stereocenters. The van der Waals surface area contributed by atoms with Crippen LogP contribution in [0.2, 0.25) is 0 Å². The molecule has 1 aliphatic rings. The molecule has 1 N–H and O–H groups in total. The Hall–Kier alpha value is -1.98. The normalized spacial score (nSPS) is 21.4. The first kappa shape index (κ1) is 9.89. The van der Waals surface area contributed by atoms with E-state index < -0.39 is 36.4 Å². The number of benzene rings is 1. The number of carbonyl (C=O) groups is 1. The summed E-state index contributed by atoms with van der Waals surface area (Å²) in [5.41, 5.74) is -0.886. The van der Waals surface area contributed by atoms with Crippen LogP contribution in [-0.4, -0.2) is 23.4 Å². The van der Waals surface area contributed by atoms with E-state index in [0.717, 1.165) is 6.08 Å². The Balaban J connectivity index is 2.71. The van der Waals surface area contributed by atoms with Crippen LogP contribution in [0.15, 0.2) is 17.7 Å². The number of hydrogen-bond acceptors (Lipinski definition) is 2. The average Bonchev–Trinajstić information content (AvgIpc) is 2.33. The van der Waals surface area contributed by atoms with Gasteiger partial charge in [0.05, 0.1) is 5.57 Å². The van der Waals surface area contributed by atoms with Crippen LogP contribution in [0.3, 0.4) is 0 Å². The van der Waals surface area contributed by atoms with Crippen LogP contribution in [0.25, 0.3) is 6.08 Å². The summed E-state index contributed by atoms with van der Waals surface area (Å²) in [5.74, 6) is -2.23. The number of halogens is 3. The van der Waals surface area contributed by atoms with Gasteiger partial charge >= 0.3 is 12.1 Å². The van der Waals surface area contributed by atoms with E-state index in [4.69, 9.17) is 14.0 Å². The van der Waals surface area contributed by atoms with Gasteiger partial charge in [0.1, 0.15) is 5.75 Å². The predicted molar refractivity (Wildman–Crippen MR) is 62.0 cm³/mol. The number of aryl methyl sites for hydroxylation is 2. The zero-order chi connectivity index (χ0) is 16.9. The first-order chi connectivity index (χ1) is 9.91. The molecule has 0 spiro atoms. The summed E-state index contributed by atoms with van der Waals surface area (Å²) in [5, 5.41) is 8.94. The Kier molecular flexibility index (Phi) is 2.23. The van der Waals surface area contributed by atoms with Crippen LogP contribution in [-0.2, 0) is 4.79 Å². The van der Waals surface area contributed by atoms with Gasteiger partial charge in [-0.05, 0) is 31.5 Å². The van der Waals surface area contributed by atoms with Crippen LogP contribution < -0.4 is 4.74 Å². The lowest BCUT2D eigenvalue weighted by Crippen LogP contribution is -2.40. The van der Waals surface area contributed by atoms with E-state index in [1.165, 1.54) is 12.1 Å². The van der Waals surface area contributed by atoms with Crippen molar-refractivity contribution in [2.45, 2.75) is 26.1 Å². The molecule has 102 valence electrons. The molecule has 0 aromatic heterocycles. The molecular formula is C13H11F3O3. The highest BCUT2D eigenvalue weighted by molar-refractivity contribution is 5.95. The van der Waals surface area contributed by atoms with Crippen molar-refractivity contribution in [3.8, 4) is 5.75 Å². The van der Waals surface area contributed by atoms with Gasteiger partial charge in [0.25, 0.3) is 0 Å². The van der Waals surface area contributed by atoms with Gasteiger partial charge in [-0.2, -0.15) is 13.2 Å². The van der Waals surface area contributed by atoms with Gasteiger partial charge in [0.15, 0.2) is 0 Å². The molecule has 0 radical (unpaired) electrons. The van der Waals surface area contributed by atoms with Crippen LogP contribution in [0.1, 0.15) is 20.8 Å². The van der Waals surface area contributed by atoms with Crippen molar-refractivity contribution in [2.75, 3.05) is 0 Å². The Morgan fingerprint density at radius 1 is 1.47 bits per heavy atom. The lowest BCUT2D eigenvalue weighted by molar-refractivity contribution is -0.187. The van der Waals surface area contributed by atoms with Gasteiger partial charge in [0.2, 0.25) is 6.10 Å². The number of carboxylic acids is 1. The van der Waals surface area contributed by atoms with Crippen molar-refractivity contribution >= 4 is 12.0 Å². The van der Waals surface area contributed by atoms with Gasteiger partial charge in [-0.25, -0.2) is 4.79 Å². The van der Waals surface area contributed by atoms with Gasteiger partial charge in [-0.15, -0.1) is 0 Å². The SMILES string of the molecule is [2H]C([2H])([2H])c1cc(C)cc2c1OC(C(F)(F)F)C(C(=O)O)=C2. The summed E-state index contributed by atoms with van der Waals surface area (Å²) in [6, 6.07) is 2.58. The standard InChI is InChI=1S/C13H11F3O3/c1-6-3-7(2)10-8(4-6)5-9(12(17)18)11(19-10)13(14,15)16/h3-5,11H,1-2H3,(H,17,18)/i2D3. The summed E-state index contributed by atoms with van der Waals surface area (Å²) in [6.07, 6.45) is -6.87. The van der Waals surface area contributed by atoms with Crippen molar-refractivity contribution in [1.29, 1.82) is 0 Å². The quantitative estimate of drug-likeness (QED) is 0.856. The highest BCUT2D eigenvalue weighted by Gasteiger charge is 2.48. The minimum atomic E-state index is -4.97. The molecule has 2 rings (SSSR count). The molecule has 0 saturated heterocycles. The Morgan fingerprint density at radius 2 is 2.16 bits per heavy atom. The van der Waals surface area contributed by atoms with Crippen LogP contribution in [0.5, 0.6) is 5.75 Å². The second-order valence-electron chi connectivity index (χ2n) is 4.18. The second-order valence-corrected chi connectivity index (χ2v) is 4.18. The number of alkyl halides is 3. The number of fused-ring (bicyclic) bond motifs is 1. The molecule has 19 heavy (non-hydrogen) atoms. The fourth-order valence-corrected chi connectivity index (χ4v) is 1.88. The third-order valence-electron chi connectivity index (χ3n) is 2.64. The van der Waals surface area contributed by atoms with E-state index in [-0.39, 0.29) is 11.1 Å². The minimum Gasteiger partial charge on any atom is -0.478 e. The second kappa shape index (κ2) is 4.29. The number of hydrogen-bond donors (Lipinski definition) is 1. The Labute approximate surface area is 111 Å². The molecule has 0 aliphatic carbocycles. The molecule has 1 aromatic carbocycles. The summed E-state index contributed by atoms with van der Waals surface area (Å²) in [4.78, 5) is 11.0. The number of ether oxygens (including phenoxy) is 1. The van der Waals surface area contributed by atoms with Crippen molar-refractivity contribution < 1.29 is 31.9 Å². The third kappa shape index (κ3) is 2.43. The molecule has 0 amide bonds. The largest absolute Gasteiger partial charge is 0.478 e. The summed E-state index contributed by atoms with van der Waals surface area (Å²) in [7, 11) is 0. The topological polar surface area (TPSA) is 46.5 Å². The fraction of sp³-hybridized carbons (Fsp3) is 0.308. The Bertz CT molecular complexity index is 663. The molecule has 1 aliphatic heterocycles. The first-order valence-electron chi connectivity index (χ1n) is 6.74. The molecule has 1 aromatic rings. The number of rotatable bonds is 1. The van der Waals surface area contributed by atoms with Gasteiger partial charge in [-0.1, -0.05) is 11.6 Å².